The lowest BCUT2D eigenvalue weighted by Gasteiger charge is -2.36. The summed E-state index contributed by atoms with van der Waals surface area (Å²) in [7, 11) is 0. The summed E-state index contributed by atoms with van der Waals surface area (Å²) in [5.41, 5.74) is 0.649. The van der Waals surface area contributed by atoms with E-state index in [0.29, 0.717) is 19.5 Å². The smallest absolute Gasteiger partial charge is 0.242 e. The maximum absolute atomic E-state index is 12.9. The van der Waals surface area contributed by atoms with E-state index in [-0.39, 0.29) is 24.3 Å². The van der Waals surface area contributed by atoms with Crippen molar-refractivity contribution in [3.63, 3.8) is 0 Å². The van der Waals surface area contributed by atoms with Crippen LogP contribution < -0.4 is 4.90 Å². The fourth-order valence-electron chi connectivity index (χ4n) is 4.73. The first kappa shape index (κ1) is 18.0. The van der Waals surface area contributed by atoms with Gasteiger partial charge in [0.1, 0.15) is 6.54 Å². The molecule has 2 saturated heterocycles. The standard InChI is InChI=1S/C21H27N3O3/c25-18-15-21(9-5-2-6-10-21)20(27)24(18)16-19(26)23-13-11-22(12-14-23)17-7-3-1-4-8-17/h1,3-4,7-8H,2,5-6,9-16H2. The number of carbonyl (C=O) groups is 3. The fraction of sp³-hybridized carbons (Fsp3) is 0.571. The van der Waals surface area contributed by atoms with E-state index in [9.17, 15) is 14.4 Å². The van der Waals surface area contributed by atoms with Crippen LogP contribution in [-0.4, -0.2) is 60.2 Å². The average Bonchev–Trinajstić information content (AvgIpc) is 2.93. The van der Waals surface area contributed by atoms with Gasteiger partial charge >= 0.3 is 0 Å². The van der Waals surface area contributed by atoms with E-state index >= 15 is 0 Å². The highest BCUT2D eigenvalue weighted by Crippen LogP contribution is 2.45. The Bertz CT molecular complexity index is 719. The van der Waals surface area contributed by atoms with Gasteiger partial charge in [-0.25, -0.2) is 0 Å². The molecule has 1 aromatic rings. The van der Waals surface area contributed by atoms with Crippen LogP contribution in [-0.2, 0) is 14.4 Å². The zero-order valence-electron chi connectivity index (χ0n) is 15.7. The predicted octanol–water partition coefficient (Wildman–Crippen LogP) is 2.04. The number of piperazine rings is 1. The molecule has 6 nitrogen and oxygen atoms in total. The number of hydrogen-bond donors (Lipinski definition) is 0. The van der Waals surface area contributed by atoms with Crippen molar-refractivity contribution in [2.24, 2.45) is 5.41 Å². The number of anilines is 1. The molecular weight excluding hydrogens is 342 g/mol. The van der Waals surface area contributed by atoms with Crippen LogP contribution in [0.3, 0.4) is 0 Å². The molecule has 0 unspecified atom stereocenters. The number of nitrogens with zero attached hydrogens (tertiary/aromatic N) is 3. The molecule has 1 aromatic carbocycles. The Morgan fingerprint density at radius 1 is 0.926 bits per heavy atom. The summed E-state index contributed by atoms with van der Waals surface area (Å²) in [5.74, 6) is -0.390. The van der Waals surface area contributed by atoms with E-state index in [1.54, 1.807) is 4.90 Å². The number of likely N-dealkylation sites (tertiary alicyclic amines) is 1. The zero-order chi connectivity index (χ0) is 18.9. The first-order chi connectivity index (χ1) is 13.1. The molecule has 0 atom stereocenters. The summed E-state index contributed by atoms with van der Waals surface area (Å²) in [6, 6.07) is 10.2. The lowest BCUT2D eigenvalue weighted by atomic mass is 9.73. The number of para-hydroxylation sites is 1. The normalized spacial score (nSPS) is 22.6. The van der Waals surface area contributed by atoms with Crippen molar-refractivity contribution in [3.05, 3.63) is 30.3 Å². The van der Waals surface area contributed by atoms with Crippen LogP contribution in [0.2, 0.25) is 0 Å². The SMILES string of the molecule is O=C(CN1C(=O)CC2(CCCCC2)C1=O)N1CCN(c2ccccc2)CC1. The molecule has 0 bridgehead atoms. The van der Waals surface area contributed by atoms with Crippen molar-refractivity contribution in [1.29, 1.82) is 0 Å². The lowest BCUT2D eigenvalue weighted by molar-refractivity contribution is -0.148. The second-order valence-corrected chi connectivity index (χ2v) is 8.01. The van der Waals surface area contributed by atoms with E-state index < -0.39 is 5.41 Å². The molecule has 3 fully saturated rings. The maximum Gasteiger partial charge on any atom is 0.242 e. The number of imide groups is 1. The van der Waals surface area contributed by atoms with Crippen LogP contribution in [0.1, 0.15) is 38.5 Å². The van der Waals surface area contributed by atoms with Crippen LogP contribution in [0.25, 0.3) is 0 Å². The van der Waals surface area contributed by atoms with Crippen LogP contribution in [0.15, 0.2) is 30.3 Å². The first-order valence-electron chi connectivity index (χ1n) is 10.0. The Kier molecular flexibility index (Phi) is 4.89. The fourth-order valence-corrected chi connectivity index (χ4v) is 4.73. The van der Waals surface area contributed by atoms with Gasteiger partial charge in [0.2, 0.25) is 17.7 Å². The van der Waals surface area contributed by atoms with Gasteiger partial charge < -0.3 is 9.80 Å². The van der Waals surface area contributed by atoms with E-state index in [1.807, 2.05) is 18.2 Å². The monoisotopic (exact) mass is 369 g/mol. The van der Waals surface area contributed by atoms with Crippen molar-refractivity contribution in [2.75, 3.05) is 37.6 Å². The van der Waals surface area contributed by atoms with E-state index in [2.05, 4.69) is 17.0 Å². The van der Waals surface area contributed by atoms with Gasteiger partial charge in [-0.2, -0.15) is 0 Å². The second-order valence-electron chi connectivity index (χ2n) is 8.01. The molecule has 144 valence electrons. The Balaban J connectivity index is 1.34. The molecule has 6 heteroatoms. The van der Waals surface area contributed by atoms with Gasteiger partial charge in [-0.3, -0.25) is 19.3 Å². The van der Waals surface area contributed by atoms with Gasteiger partial charge in [-0.1, -0.05) is 37.5 Å². The molecule has 2 heterocycles. The number of amides is 3. The van der Waals surface area contributed by atoms with Crippen molar-refractivity contribution in [1.82, 2.24) is 9.80 Å². The van der Waals surface area contributed by atoms with Crippen molar-refractivity contribution in [3.8, 4) is 0 Å². The molecule has 0 aromatic heterocycles. The zero-order valence-corrected chi connectivity index (χ0v) is 15.7. The van der Waals surface area contributed by atoms with Crippen molar-refractivity contribution in [2.45, 2.75) is 38.5 Å². The predicted molar refractivity (Wildman–Crippen MR) is 102 cm³/mol. The van der Waals surface area contributed by atoms with Crippen molar-refractivity contribution >= 4 is 23.4 Å². The third-order valence-electron chi connectivity index (χ3n) is 6.35. The maximum atomic E-state index is 12.9. The third-order valence-corrected chi connectivity index (χ3v) is 6.35. The summed E-state index contributed by atoms with van der Waals surface area (Å²) >= 11 is 0. The Hall–Kier alpha value is -2.37. The molecule has 0 radical (unpaired) electrons. The molecule has 1 spiro atoms. The molecule has 2 aliphatic heterocycles. The third kappa shape index (κ3) is 3.45. The minimum Gasteiger partial charge on any atom is -0.368 e. The highest BCUT2D eigenvalue weighted by Gasteiger charge is 2.52. The summed E-state index contributed by atoms with van der Waals surface area (Å²) in [6.45, 7) is 2.68. The van der Waals surface area contributed by atoms with Crippen LogP contribution in [0, 0.1) is 5.41 Å². The highest BCUT2D eigenvalue weighted by molar-refractivity contribution is 6.08. The molecule has 3 aliphatic rings. The minimum atomic E-state index is -0.512. The first-order valence-corrected chi connectivity index (χ1v) is 10.0. The molecule has 4 rings (SSSR count). The summed E-state index contributed by atoms with van der Waals surface area (Å²) in [4.78, 5) is 43.3. The molecular formula is C21H27N3O3. The van der Waals surface area contributed by atoms with Crippen LogP contribution in [0.4, 0.5) is 5.69 Å². The number of benzene rings is 1. The molecule has 27 heavy (non-hydrogen) atoms. The number of rotatable bonds is 3. The summed E-state index contributed by atoms with van der Waals surface area (Å²) in [5, 5.41) is 0. The molecule has 1 saturated carbocycles. The van der Waals surface area contributed by atoms with Gasteiger partial charge in [-0.05, 0) is 25.0 Å². The number of hydrogen-bond acceptors (Lipinski definition) is 4. The van der Waals surface area contributed by atoms with Gasteiger partial charge in [0.25, 0.3) is 0 Å². The number of carbonyl (C=O) groups excluding carboxylic acids is 3. The van der Waals surface area contributed by atoms with E-state index in [0.717, 1.165) is 50.9 Å². The van der Waals surface area contributed by atoms with Gasteiger partial charge in [-0.15, -0.1) is 0 Å². The minimum absolute atomic E-state index is 0.0925. The van der Waals surface area contributed by atoms with Crippen molar-refractivity contribution < 1.29 is 14.4 Å². The summed E-state index contributed by atoms with van der Waals surface area (Å²) in [6.07, 6.45) is 5.01. The largest absolute Gasteiger partial charge is 0.368 e. The van der Waals surface area contributed by atoms with Gasteiger partial charge in [0.05, 0.1) is 5.41 Å². The second kappa shape index (κ2) is 7.33. The van der Waals surface area contributed by atoms with E-state index in [1.165, 1.54) is 4.90 Å². The van der Waals surface area contributed by atoms with E-state index in [4.69, 9.17) is 0 Å². The lowest BCUT2D eigenvalue weighted by Crippen LogP contribution is -2.52. The van der Waals surface area contributed by atoms with Gasteiger partial charge in [0, 0.05) is 38.3 Å². The quantitative estimate of drug-likeness (QED) is 0.765. The van der Waals surface area contributed by atoms with Crippen LogP contribution in [0.5, 0.6) is 0 Å². The Morgan fingerprint density at radius 2 is 1.59 bits per heavy atom. The van der Waals surface area contributed by atoms with Gasteiger partial charge in [0.15, 0.2) is 0 Å². The Morgan fingerprint density at radius 3 is 2.26 bits per heavy atom. The Labute approximate surface area is 160 Å². The topological polar surface area (TPSA) is 60.9 Å². The molecule has 3 amide bonds. The highest BCUT2D eigenvalue weighted by atomic mass is 16.2. The summed E-state index contributed by atoms with van der Waals surface area (Å²) < 4.78 is 0. The molecule has 1 aliphatic carbocycles. The molecule has 0 N–H and O–H groups in total. The average molecular weight is 369 g/mol. The van der Waals surface area contributed by atoms with Crippen LogP contribution >= 0.6 is 0 Å².